The third kappa shape index (κ3) is 15.4. The van der Waals surface area contributed by atoms with Crippen molar-refractivity contribution in [3.05, 3.63) is 12.2 Å². The molecule has 34 heavy (non-hydrogen) atoms. The van der Waals surface area contributed by atoms with Gasteiger partial charge in [0.05, 0.1) is 13.1 Å². The Labute approximate surface area is 218 Å². The van der Waals surface area contributed by atoms with E-state index in [1.165, 1.54) is 43.1 Å². The molecule has 196 valence electrons. The Morgan fingerprint density at radius 3 is 2.12 bits per heavy atom. The van der Waals surface area contributed by atoms with Crippen LogP contribution in [-0.2, 0) is 33.4 Å². The number of allylic oxidation sites excluding steroid dienone is 1. The van der Waals surface area contributed by atoms with Crippen LogP contribution in [0.1, 0.15) is 64.7 Å². The molecule has 1 aliphatic rings. The summed E-state index contributed by atoms with van der Waals surface area (Å²) in [7, 11) is -4.41. The second-order valence-electron chi connectivity index (χ2n) is 8.19. The zero-order chi connectivity index (χ0) is 25.6. The van der Waals surface area contributed by atoms with Crippen molar-refractivity contribution in [2.24, 2.45) is 0 Å². The minimum absolute atomic E-state index is 0.156. The normalized spacial score (nSPS) is 17.4. The Morgan fingerprint density at radius 1 is 1.06 bits per heavy atom. The van der Waals surface area contributed by atoms with Crippen LogP contribution >= 0.6 is 34.8 Å². The number of unbranched alkanes of at least 4 members (excludes halogenated alkanes) is 8. The summed E-state index contributed by atoms with van der Waals surface area (Å²) in [5.41, 5.74) is 0. The number of hydrogen-bond donors (Lipinski definition) is 1. The molecule has 0 radical (unpaired) electrons. The van der Waals surface area contributed by atoms with Gasteiger partial charge in [-0.3, -0.25) is 18.7 Å². The zero-order valence-corrected chi connectivity index (χ0v) is 22.7. The first-order chi connectivity index (χ1) is 15.9. The van der Waals surface area contributed by atoms with Crippen molar-refractivity contribution in [2.75, 3.05) is 26.7 Å². The number of rotatable bonds is 15. The quantitative estimate of drug-likeness (QED) is 0.139. The minimum atomic E-state index is -4.44. The van der Waals surface area contributed by atoms with Crippen LogP contribution in [0.15, 0.2) is 12.2 Å². The van der Waals surface area contributed by atoms with Crippen LogP contribution in [0.5, 0.6) is 0 Å². The molecule has 0 aromatic heterocycles. The van der Waals surface area contributed by atoms with Crippen molar-refractivity contribution < 1.29 is 31.5 Å². The molecular formula is C20H34BCl3N2O7S. The summed E-state index contributed by atoms with van der Waals surface area (Å²) in [6.07, 6.45) is 13.1. The third-order valence-electron chi connectivity index (χ3n) is 4.81. The van der Waals surface area contributed by atoms with Gasteiger partial charge < -0.3 is 9.31 Å². The lowest BCUT2D eigenvalue weighted by atomic mass is 9.78. The van der Waals surface area contributed by atoms with Gasteiger partial charge in [-0.25, -0.2) is 0 Å². The molecule has 9 nitrogen and oxygen atoms in total. The molecule has 1 N–H and O–H groups in total. The maximum absolute atomic E-state index is 12.3. The summed E-state index contributed by atoms with van der Waals surface area (Å²) < 4.78 is 40.0. The number of alkyl halides is 3. The van der Waals surface area contributed by atoms with Gasteiger partial charge in [-0.1, -0.05) is 98.8 Å². The van der Waals surface area contributed by atoms with E-state index in [2.05, 4.69) is 15.8 Å². The van der Waals surface area contributed by atoms with E-state index in [1.54, 1.807) is 13.1 Å². The number of nitrogens with one attached hydrogen (secondary N) is 1. The second-order valence-corrected chi connectivity index (χ2v) is 12.1. The molecule has 1 aliphatic heterocycles. The maximum atomic E-state index is 12.3. The van der Waals surface area contributed by atoms with Gasteiger partial charge >= 0.3 is 29.4 Å². The topological polar surface area (TPSA) is 111 Å². The van der Waals surface area contributed by atoms with Gasteiger partial charge in [0, 0.05) is 0 Å². The highest BCUT2D eigenvalue weighted by Crippen LogP contribution is 2.26. The smallest absolute Gasteiger partial charge is 0.497 e. The molecule has 0 aromatic carbocycles. The van der Waals surface area contributed by atoms with Crippen molar-refractivity contribution in [2.45, 2.75) is 74.4 Å². The lowest BCUT2D eigenvalue weighted by Gasteiger charge is -2.26. The first-order valence-electron chi connectivity index (χ1n) is 11.4. The fraction of sp³-hybridized carbons (Fsp3) is 0.800. The average molecular weight is 564 g/mol. The zero-order valence-electron chi connectivity index (χ0n) is 19.6. The molecule has 1 unspecified atom stereocenters. The summed E-state index contributed by atoms with van der Waals surface area (Å²) in [5.74, 6) is -2.59. The Hall–Kier alpha value is -0.555. The molecule has 1 atom stereocenters. The number of hydrogen-bond acceptors (Lipinski definition) is 8. The number of nitrogens with zero attached hydrogens (tertiary/aromatic N) is 1. The van der Waals surface area contributed by atoms with Crippen molar-refractivity contribution in [1.82, 2.24) is 9.62 Å². The first-order valence-corrected chi connectivity index (χ1v) is 13.9. The molecule has 0 aromatic rings. The number of carbonyl (C=O) groups is 2. The highest BCUT2D eigenvalue weighted by molar-refractivity contribution is 7.84. The molecule has 1 rings (SSSR count). The highest BCUT2D eigenvalue weighted by atomic mass is 35.6. The molecule has 0 bridgehead atoms. The van der Waals surface area contributed by atoms with E-state index in [4.69, 9.17) is 44.1 Å². The predicted molar refractivity (Wildman–Crippen MR) is 134 cm³/mol. The average Bonchev–Trinajstić information content (AvgIpc) is 2.70. The Morgan fingerprint density at radius 2 is 1.59 bits per heavy atom. The van der Waals surface area contributed by atoms with E-state index in [1.807, 2.05) is 0 Å². The standard InChI is InChI=1S/C20H34BCl3N2O7S/c1-3-4-5-6-7-8-9-10-11-12-13-17(25-34(29,30)31-16-20(22,23)24)21-32-18(27)14-26(2)15-19(28)33-21/h12-13,17,25H,3-11,14-16H2,1-2H3/b13-12+. The van der Waals surface area contributed by atoms with E-state index >= 15 is 0 Å². The van der Waals surface area contributed by atoms with Crippen LogP contribution < -0.4 is 4.72 Å². The van der Waals surface area contributed by atoms with Crippen LogP contribution in [0, 0.1) is 0 Å². The molecule has 0 saturated carbocycles. The van der Waals surface area contributed by atoms with E-state index in [-0.39, 0.29) is 13.1 Å². The van der Waals surface area contributed by atoms with E-state index in [9.17, 15) is 18.0 Å². The molecule has 14 heteroatoms. The summed E-state index contributed by atoms with van der Waals surface area (Å²) in [6, 6.07) is 0. The van der Waals surface area contributed by atoms with Crippen molar-refractivity contribution in [3.63, 3.8) is 0 Å². The van der Waals surface area contributed by atoms with Gasteiger partial charge in [0.2, 0.25) is 3.79 Å². The predicted octanol–water partition coefficient (Wildman–Crippen LogP) is 3.72. The molecule has 1 fully saturated rings. The van der Waals surface area contributed by atoms with Crippen LogP contribution in [0.3, 0.4) is 0 Å². The molecule has 1 saturated heterocycles. The van der Waals surface area contributed by atoms with E-state index in [0.29, 0.717) is 6.42 Å². The molecule has 0 amide bonds. The summed E-state index contributed by atoms with van der Waals surface area (Å²) in [4.78, 5) is 25.6. The van der Waals surface area contributed by atoms with Crippen molar-refractivity contribution in [3.8, 4) is 0 Å². The Balaban J connectivity index is 2.76. The summed E-state index contributed by atoms with van der Waals surface area (Å²) in [5, 5.41) is 0. The highest BCUT2D eigenvalue weighted by Gasteiger charge is 2.41. The van der Waals surface area contributed by atoms with Gasteiger partial charge in [-0.2, -0.15) is 13.1 Å². The lowest BCUT2D eigenvalue weighted by Crippen LogP contribution is -2.53. The largest absolute Gasteiger partial charge is 0.622 e. The molecule has 0 aliphatic carbocycles. The van der Waals surface area contributed by atoms with E-state index in [0.717, 1.165) is 19.3 Å². The monoisotopic (exact) mass is 562 g/mol. The maximum Gasteiger partial charge on any atom is 0.622 e. The van der Waals surface area contributed by atoms with Gasteiger partial charge in [0.1, 0.15) is 12.5 Å². The second kappa shape index (κ2) is 16.2. The fourth-order valence-corrected chi connectivity index (χ4v) is 4.45. The van der Waals surface area contributed by atoms with Gasteiger partial charge in [0.25, 0.3) is 0 Å². The van der Waals surface area contributed by atoms with Gasteiger partial charge in [-0.15, -0.1) is 0 Å². The first kappa shape index (κ1) is 31.5. The van der Waals surface area contributed by atoms with Crippen LogP contribution in [-0.4, -0.2) is 68.9 Å². The Kier molecular flexibility index (Phi) is 15.0. The van der Waals surface area contributed by atoms with Crippen molar-refractivity contribution >= 4 is 64.2 Å². The third-order valence-corrected chi connectivity index (χ3v) is 6.13. The SMILES string of the molecule is CCCCCCCCCC/C=C/C(NS(=O)(=O)OCC(Cl)(Cl)Cl)B1OC(=O)CN(C)CC(=O)O1. The van der Waals surface area contributed by atoms with Gasteiger partial charge in [-0.05, 0) is 19.9 Å². The number of likely N-dealkylation sites (N-methyl/N-ethyl adjacent to an activating group) is 1. The number of carbonyl (C=O) groups excluding carboxylic acids is 2. The summed E-state index contributed by atoms with van der Waals surface area (Å²) >= 11 is 16.7. The van der Waals surface area contributed by atoms with Crippen LogP contribution in [0.25, 0.3) is 0 Å². The molecule has 0 spiro atoms. The Bertz CT molecular complexity index is 746. The summed E-state index contributed by atoms with van der Waals surface area (Å²) in [6.45, 7) is 1.13. The fourth-order valence-electron chi connectivity index (χ4n) is 3.17. The number of halogens is 3. The van der Waals surface area contributed by atoms with Crippen molar-refractivity contribution in [1.29, 1.82) is 0 Å². The van der Waals surface area contributed by atoms with Crippen LogP contribution in [0.4, 0.5) is 0 Å². The van der Waals surface area contributed by atoms with E-state index < -0.39 is 45.7 Å². The molecule has 1 heterocycles. The van der Waals surface area contributed by atoms with Gasteiger partial charge in [0.15, 0.2) is 0 Å². The lowest BCUT2D eigenvalue weighted by molar-refractivity contribution is -0.145. The molecular weight excluding hydrogens is 529 g/mol. The van der Waals surface area contributed by atoms with Crippen LogP contribution in [0.2, 0.25) is 0 Å². The minimum Gasteiger partial charge on any atom is -0.497 e.